The summed E-state index contributed by atoms with van der Waals surface area (Å²) < 4.78 is 18.1. The van der Waals surface area contributed by atoms with Crippen molar-refractivity contribution in [3.8, 4) is 0 Å². The lowest BCUT2D eigenvalue weighted by Gasteiger charge is -2.30. The van der Waals surface area contributed by atoms with Crippen LogP contribution < -0.4 is 0 Å². The minimum absolute atomic E-state index is 0.0527. The molecule has 0 fully saturated rings. The minimum atomic E-state index is -0.412. The lowest BCUT2D eigenvalue weighted by atomic mass is 9.93. The van der Waals surface area contributed by atoms with E-state index in [9.17, 15) is 14.4 Å². The molecule has 0 bridgehead atoms. The highest BCUT2D eigenvalue weighted by atomic mass is 16.6. The van der Waals surface area contributed by atoms with Gasteiger partial charge in [0.1, 0.15) is 12.2 Å². The molecule has 0 saturated heterocycles. The van der Waals surface area contributed by atoms with E-state index >= 15 is 0 Å². The molecule has 0 N–H and O–H groups in total. The van der Waals surface area contributed by atoms with Crippen LogP contribution in [0.4, 0.5) is 0 Å². The molecule has 0 aliphatic carbocycles. The van der Waals surface area contributed by atoms with E-state index in [-0.39, 0.29) is 29.7 Å². The number of unbranched alkanes of at least 4 members (excludes halogenated alkanes) is 25. The first-order chi connectivity index (χ1) is 27.9. The maximum absolute atomic E-state index is 14.3. The molecule has 0 saturated carbocycles. The van der Waals surface area contributed by atoms with Gasteiger partial charge in [-0.1, -0.05) is 214 Å². The van der Waals surface area contributed by atoms with Crippen molar-refractivity contribution < 1.29 is 28.6 Å². The van der Waals surface area contributed by atoms with E-state index in [2.05, 4.69) is 34.6 Å². The fraction of sp³-hybridized carbons (Fsp3) is 0.941. The van der Waals surface area contributed by atoms with Crippen LogP contribution in [-0.4, -0.2) is 37.2 Å². The first-order valence-corrected chi connectivity index (χ1v) is 25.4. The molecule has 338 valence electrons. The predicted molar refractivity (Wildman–Crippen MR) is 243 cm³/mol. The fourth-order valence-corrected chi connectivity index (χ4v) is 8.24. The first-order valence-electron chi connectivity index (χ1n) is 25.4. The van der Waals surface area contributed by atoms with Gasteiger partial charge in [0.05, 0.1) is 18.9 Å². The molecule has 0 aromatic heterocycles. The third-order valence-corrected chi connectivity index (χ3v) is 12.2. The van der Waals surface area contributed by atoms with Crippen LogP contribution >= 0.6 is 0 Å². The van der Waals surface area contributed by atoms with Gasteiger partial charge in [-0.15, -0.1) is 0 Å². The zero-order valence-electron chi connectivity index (χ0n) is 39.1. The SMILES string of the molecule is CCCCCCCCC(CCCCCC)C(=O)O[C@@H](CCCCCCCC)[C@@H](CCCCCCCC(=O)OC)OC(=O)C(CCCCCC)CCCCCCCC. The average molecular weight is 807 g/mol. The Morgan fingerprint density at radius 2 is 0.579 bits per heavy atom. The summed E-state index contributed by atoms with van der Waals surface area (Å²) in [7, 11) is 1.45. The van der Waals surface area contributed by atoms with E-state index in [1.807, 2.05) is 0 Å². The number of hydrogen-bond donors (Lipinski definition) is 0. The molecule has 0 aliphatic rings. The van der Waals surface area contributed by atoms with Gasteiger partial charge in [-0.2, -0.15) is 0 Å². The van der Waals surface area contributed by atoms with Crippen LogP contribution in [0.25, 0.3) is 0 Å². The number of esters is 3. The second-order valence-corrected chi connectivity index (χ2v) is 17.6. The number of hydrogen-bond acceptors (Lipinski definition) is 6. The highest BCUT2D eigenvalue weighted by Crippen LogP contribution is 2.28. The number of carbonyl (C=O) groups excluding carboxylic acids is 3. The van der Waals surface area contributed by atoms with Crippen LogP contribution in [0.5, 0.6) is 0 Å². The van der Waals surface area contributed by atoms with Gasteiger partial charge in [0.2, 0.25) is 0 Å². The molecule has 6 nitrogen and oxygen atoms in total. The Morgan fingerprint density at radius 3 is 0.877 bits per heavy atom. The summed E-state index contributed by atoms with van der Waals surface area (Å²) in [6.07, 6.45) is 40.3. The molecule has 0 aromatic rings. The number of rotatable bonds is 44. The van der Waals surface area contributed by atoms with Crippen molar-refractivity contribution in [2.24, 2.45) is 11.8 Å². The Labute approximate surface area is 355 Å². The Bertz CT molecular complexity index is 889. The van der Waals surface area contributed by atoms with Crippen molar-refractivity contribution >= 4 is 17.9 Å². The van der Waals surface area contributed by atoms with Crippen molar-refractivity contribution in [1.29, 1.82) is 0 Å². The third-order valence-electron chi connectivity index (χ3n) is 12.2. The zero-order chi connectivity index (χ0) is 42.0. The summed E-state index contributed by atoms with van der Waals surface area (Å²) in [6, 6.07) is 0. The zero-order valence-corrected chi connectivity index (χ0v) is 39.1. The Kier molecular flexibility index (Phi) is 41.3. The molecule has 0 radical (unpaired) electrons. The van der Waals surface area contributed by atoms with Gasteiger partial charge in [-0.05, 0) is 57.8 Å². The first kappa shape index (κ1) is 55.4. The fourth-order valence-electron chi connectivity index (χ4n) is 8.24. The molecule has 0 rings (SSSR count). The highest BCUT2D eigenvalue weighted by molar-refractivity contribution is 5.73. The molecule has 2 unspecified atom stereocenters. The Balaban J connectivity index is 6.19. The summed E-state index contributed by atoms with van der Waals surface area (Å²) in [5, 5.41) is 0. The number of ether oxygens (including phenoxy) is 3. The quantitative estimate of drug-likeness (QED) is 0.0347. The number of methoxy groups -OCH3 is 1. The van der Waals surface area contributed by atoms with E-state index in [1.165, 1.54) is 123 Å². The number of carbonyl (C=O) groups is 3. The van der Waals surface area contributed by atoms with Crippen molar-refractivity contribution in [3.05, 3.63) is 0 Å². The van der Waals surface area contributed by atoms with Gasteiger partial charge in [0.15, 0.2) is 0 Å². The second kappa shape index (κ2) is 42.5. The molecule has 0 amide bonds. The van der Waals surface area contributed by atoms with E-state index in [0.29, 0.717) is 12.8 Å². The lowest BCUT2D eigenvalue weighted by Crippen LogP contribution is -2.38. The van der Waals surface area contributed by atoms with E-state index in [1.54, 1.807) is 0 Å². The van der Waals surface area contributed by atoms with Crippen molar-refractivity contribution in [3.63, 3.8) is 0 Å². The van der Waals surface area contributed by atoms with Crippen LogP contribution in [0.3, 0.4) is 0 Å². The molecule has 0 spiro atoms. The standard InChI is InChI=1S/C51H98O6/c1-7-12-17-22-26-33-40-45(38-31-20-15-10-4)50(53)56-47(42-35-28-24-19-14-9-3)48(43-36-29-25-30-37-44-49(52)55-6)57-51(54)46(39-32-21-16-11-5)41-34-27-23-18-13-8-2/h45-48H,7-44H2,1-6H3/t45?,46?,47-,48+/m0/s1. The summed E-state index contributed by atoms with van der Waals surface area (Å²) in [5.41, 5.74) is 0. The summed E-state index contributed by atoms with van der Waals surface area (Å²) in [5.74, 6) is -0.423. The molecular formula is C51H98O6. The molecule has 0 aromatic carbocycles. The van der Waals surface area contributed by atoms with Gasteiger partial charge >= 0.3 is 17.9 Å². The topological polar surface area (TPSA) is 78.9 Å². The van der Waals surface area contributed by atoms with Crippen molar-refractivity contribution in [2.75, 3.05) is 7.11 Å². The largest absolute Gasteiger partial charge is 0.469 e. The predicted octanol–water partition coefficient (Wildman–Crippen LogP) is 16.1. The van der Waals surface area contributed by atoms with E-state index in [4.69, 9.17) is 14.2 Å². The Morgan fingerprint density at radius 1 is 0.333 bits per heavy atom. The smallest absolute Gasteiger partial charge is 0.309 e. The van der Waals surface area contributed by atoms with Crippen LogP contribution in [0.15, 0.2) is 0 Å². The minimum Gasteiger partial charge on any atom is -0.469 e. The second-order valence-electron chi connectivity index (χ2n) is 17.6. The van der Waals surface area contributed by atoms with Gasteiger partial charge < -0.3 is 14.2 Å². The van der Waals surface area contributed by atoms with Crippen LogP contribution in [0, 0.1) is 11.8 Å². The summed E-state index contributed by atoms with van der Waals surface area (Å²) in [6.45, 7) is 11.2. The van der Waals surface area contributed by atoms with Gasteiger partial charge in [-0.25, -0.2) is 0 Å². The van der Waals surface area contributed by atoms with E-state index in [0.717, 1.165) is 116 Å². The molecule has 57 heavy (non-hydrogen) atoms. The molecule has 6 heteroatoms. The van der Waals surface area contributed by atoms with Gasteiger partial charge in [0.25, 0.3) is 0 Å². The van der Waals surface area contributed by atoms with Crippen molar-refractivity contribution in [2.45, 2.75) is 291 Å². The average Bonchev–Trinajstić information content (AvgIpc) is 3.21. The normalized spacial score (nSPS) is 13.6. The molecule has 0 heterocycles. The molecule has 4 atom stereocenters. The summed E-state index contributed by atoms with van der Waals surface area (Å²) in [4.78, 5) is 40.2. The molecular weight excluding hydrogens is 709 g/mol. The maximum Gasteiger partial charge on any atom is 0.309 e. The van der Waals surface area contributed by atoms with Gasteiger partial charge in [0, 0.05) is 6.42 Å². The van der Waals surface area contributed by atoms with Crippen LogP contribution in [0.2, 0.25) is 0 Å². The van der Waals surface area contributed by atoms with Crippen LogP contribution in [0.1, 0.15) is 279 Å². The lowest BCUT2D eigenvalue weighted by molar-refractivity contribution is -0.175. The Hall–Kier alpha value is -1.59. The molecule has 0 aliphatic heterocycles. The maximum atomic E-state index is 14.3. The van der Waals surface area contributed by atoms with Crippen molar-refractivity contribution in [1.82, 2.24) is 0 Å². The highest BCUT2D eigenvalue weighted by Gasteiger charge is 2.33. The van der Waals surface area contributed by atoms with E-state index < -0.39 is 12.2 Å². The third kappa shape index (κ3) is 33.9. The summed E-state index contributed by atoms with van der Waals surface area (Å²) >= 11 is 0. The van der Waals surface area contributed by atoms with Crippen LogP contribution in [-0.2, 0) is 28.6 Å². The monoisotopic (exact) mass is 807 g/mol. The van der Waals surface area contributed by atoms with Gasteiger partial charge in [-0.3, -0.25) is 14.4 Å².